The van der Waals surface area contributed by atoms with Crippen molar-refractivity contribution in [3.63, 3.8) is 0 Å². The molecule has 0 bridgehead atoms. The number of pyridine rings is 1. The molecule has 6 nitrogen and oxygen atoms in total. The first-order valence-electron chi connectivity index (χ1n) is 7.94. The Balaban J connectivity index is 2.10. The van der Waals surface area contributed by atoms with Crippen LogP contribution in [0.2, 0.25) is 0 Å². The van der Waals surface area contributed by atoms with Gasteiger partial charge in [-0.05, 0) is 30.7 Å². The van der Waals surface area contributed by atoms with Crippen molar-refractivity contribution in [1.82, 2.24) is 9.38 Å². The molecule has 0 unspecified atom stereocenters. The molecule has 0 aliphatic rings. The molecule has 3 aromatic rings. The molecule has 0 spiro atoms. The summed E-state index contributed by atoms with van der Waals surface area (Å²) in [6, 6.07) is 7.83. The molecular formula is C18H14F3N3O3. The molecular weight excluding hydrogens is 363 g/mol. The third-order valence-electron chi connectivity index (χ3n) is 3.97. The number of nitrogens with zero attached hydrogens (tertiary/aromatic N) is 2. The number of carboxylic acid groups (broad SMARTS) is 1. The summed E-state index contributed by atoms with van der Waals surface area (Å²) < 4.78 is 40.1. The normalized spacial score (nSPS) is 11.6. The van der Waals surface area contributed by atoms with Crippen molar-refractivity contribution in [2.24, 2.45) is 0 Å². The monoisotopic (exact) mass is 377 g/mol. The lowest BCUT2D eigenvalue weighted by Crippen LogP contribution is -2.18. The van der Waals surface area contributed by atoms with Gasteiger partial charge in [0.2, 0.25) is 0 Å². The lowest BCUT2D eigenvalue weighted by atomic mass is 10.1. The van der Waals surface area contributed by atoms with E-state index in [0.29, 0.717) is 12.1 Å². The zero-order valence-electron chi connectivity index (χ0n) is 14.0. The Morgan fingerprint density at radius 1 is 1.19 bits per heavy atom. The zero-order chi connectivity index (χ0) is 19.8. The standard InChI is InChI=1S/C18H14F3N3O3/c1-2-12-15(16(25)23-13-6-4-3-5-11(13)17(26)27)24-9-10(18(19,20)21)7-8-14(24)22-12/h3-9H,2H2,1H3,(H,23,25)(H,26,27). The largest absolute Gasteiger partial charge is 0.478 e. The molecule has 2 N–H and O–H groups in total. The lowest BCUT2D eigenvalue weighted by molar-refractivity contribution is -0.137. The smallest absolute Gasteiger partial charge is 0.417 e. The van der Waals surface area contributed by atoms with E-state index in [2.05, 4.69) is 10.3 Å². The summed E-state index contributed by atoms with van der Waals surface area (Å²) >= 11 is 0. The molecule has 0 aliphatic heterocycles. The molecule has 3 rings (SSSR count). The Bertz CT molecular complexity index is 1040. The second kappa shape index (κ2) is 6.75. The summed E-state index contributed by atoms with van der Waals surface area (Å²) in [7, 11) is 0. The van der Waals surface area contributed by atoms with Gasteiger partial charge >= 0.3 is 12.1 Å². The van der Waals surface area contributed by atoms with E-state index in [1.54, 1.807) is 13.0 Å². The lowest BCUT2D eigenvalue weighted by Gasteiger charge is -2.11. The van der Waals surface area contributed by atoms with Gasteiger partial charge in [-0.25, -0.2) is 9.78 Å². The molecule has 0 saturated carbocycles. The maximum atomic E-state index is 13.0. The van der Waals surface area contributed by atoms with E-state index in [9.17, 15) is 27.9 Å². The number of amides is 1. The zero-order valence-corrected chi connectivity index (χ0v) is 14.0. The van der Waals surface area contributed by atoms with Crippen LogP contribution in [-0.4, -0.2) is 26.4 Å². The number of hydrogen-bond acceptors (Lipinski definition) is 3. The molecule has 140 valence electrons. The number of carbonyl (C=O) groups is 2. The van der Waals surface area contributed by atoms with Crippen molar-refractivity contribution in [3.05, 3.63) is 65.1 Å². The Morgan fingerprint density at radius 3 is 2.52 bits per heavy atom. The first kappa shape index (κ1) is 18.4. The number of anilines is 1. The van der Waals surface area contributed by atoms with Gasteiger partial charge in [0.05, 0.1) is 22.5 Å². The number of nitrogens with one attached hydrogen (secondary N) is 1. The molecule has 27 heavy (non-hydrogen) atoms. The minimum Gasteiger partial charge on any atom is -0.478 e. The molecule has 0 atom stereocenters. The number of rotatable bonds is 4. The van der Waals surface area contributed by atoms with Crippen LogP contribution < -0.4 is 5.32 Å². The van der Waals surface area contributed by atoms with Gasteiger partial charge in [0, 0.05) is 6.20 Å². The van der Waals surface area contributed by atoms with Gasteiger partial charge in [0.25, 0.3) is 5.91 Å². The average Bonchev–Trinajstić information content (AvgIpc) is 2.99. The number of hydrogen-bond donors (Lipinski definition) is 2. The van der Waals surface area contributed by atoms with E-state index in [0.717, 1.165) is 16.7 Å². The van der Waals surface area contributed by atoms with Crippen LogP contribution in [0.1, 0.15) is 39.0 Å². The van der Waals surface area contributed by atoms with Gasteiger partial charge < -0.3 is 10.4 Å². The summed E-state index contributed by atoms with van der Waals surface area (Å²) in [6.07, 6.45) is -3.46. The number of fused-ring (bicyclic) bond motifs is 1. The molecule has 0 fully saturated rings. The predicted octanol–water partition coefficient (Wildman–Crippen LogP) is 3.87. The highest BCUT2D eigenvalue weighted by molar-refractivity contribution is 6.07. The molecule has 0 aliphatic carbocycles. The van der Waals surface area contributed by atoms with Gasteiger partial charge in [0.15, 0.2) is 0 Å². The van der Waals surface area contributed by atoms with E-state index >= 15 is 0 Å². The first-order valence-corrected chi connectivity index (χ1v) is 7.94. The van der Waals surface area contributed by atoms with E-state index in [1.165, 1.54) is 24.3 Å². The van der Waals surface area contributed by atoms with E-state index < -0.39 is 23.6 Å². The third kappa shape index (κ3) is 3.48. The number of halogens is 3. The molecule has 0 radical (unpaired) electrons. The fourth-order valence-electron chi connectivity index (χ4n) is 2.71. The third-order valence-corrected chi connectivity index (χ3v) is 3.97. The van der Waals surface area contributed by atoms with Crippen LogP contribution in [0.25, 0.3) is 5.65 Å². The molecule has 2 aromatic heterocycles. The van der Waals surface area contributed by atoms with Gasteiger partial charge in [-0.15, -0.1) is 0 Å². The molecule has 1 amide bonds. The Morgan fingerprint density at radius 2 is 1.89 bits per heavy atom. The van der Waals surface area contributed by atoms with Crippen LogP contribution in [0, 0.1) is 0 Å². The Labute approximate surface area is 151 Å². The number of alkyl halides is 3. The van der Waals surface area contributed by atoms with E-state index in [-0.39, 0.29) is 22.6 Å². The number of carbonyl (C=O) groups excluding carboxylic acids is 1. The quantitative estimate of drug-likeness (QED) is 0.723. The number of para-hydroxylation sites is 1. The number of aromatic nitrogens is 2. The molecule has 1 aromatic carbocycles. The number of aryl methyl sites for hydroxylation is 1. The number of benzene rings is 1. The maximum Gasteiger partial charge on any atom is 0.417 e. The molecule has 2 heterocycles. The average molecular weight is 377 g/mol. The van der Waals surface area contributed by atoms with E-state index in [4.69, 9.17) is 0 Å². The van der Waals surface area contributed by atoms with Gasteiger partial charge in [-0.2, -0.15) is 13.2 Å². The Hall–Kier alpha value is -3.36. The van der Waals surface area contributed by atoms with Crippen LogP contribution >= 0.6 is 0 Å². The van der Waals surface area contributed by atoms with Gasteiger partial charge in [-0.3, -0.25) is 9.20 Å². The van der Waals surface area contributed by atoms with Crippen LogP contribution in [-0.2, 0) is 12.6 Å². The summed E-state index contributed by atoms with van der Waals surface area (Å²) in [5.74, 6) is -1.98. The highest BCUT2D eigenvalue weighted by atomic mass is 19.4. The van der Waals surface area contributed by atoms with Crippen molar-refractivity contribution < 1.29 is 27.9 Å². The summed E-state index contributed by atoms with van der Waals surface area (Å²) in [6.45, 7) is 1.72. The van der Waals surface area contributed by atoms with Crippen molar-refractivity contribution >= 4 is 23.2 Å². The van der Waals surface area contributed by atoms with Crippen LogP contribution in [0.15, 0.2) is 42.6 Å². The topological polar surface area (TPSA) is 83.7 Å². The van der Waals surface area contributed by atoms with E-state index in [1.807, 2.05) is 0 Å². The van der Waals surface area contributed by atoms with Crippen molar-refractivity contribution in [3.8, 4) is 0 Å². The number of aromatic carboxylic acids is 1. The highest BCUT2D eigenvalue weighted by Crippen LogP contribution is 2.30. The molecule has 9 heteroatoms. The second-order valence-electron chi connectivity index (χ2n) is 5.71. The van der Waals surface area contributed by atoms with Gasteiger partial charge in [0.1, 0.15) is 11.3 Å². The second-order valence-corrected chi connectivity index (χ2v) is 5.71. The Kier molecular flexibility index (Phi) is 4.61. The fraction of sp³-hybridized carbons (Fsp3) is 0.167. The highest BCUT2D eigenvalue weighted by Gasteiger charge is 2.32. The minimum atomic E-state index is -4.57. The van der Waals surface area contributed by atoms with Crippen molar-refractivity contribution in [2.75, 3.05) is 5.32 Å². The van der Waals surface area contributed by atoms with Gasteiger partial charge in [-0.1, -0.05) is 19.1 Å². The number of carboxylic acids is 1. The molecule has 0 saturated heterocycles. The summed E-state index contributed by atoms with van der Waals surface area (Å²) in [5.41, 5.74) is -0.585. The van der Waals surface area contributed by atoms with Crippen molar-refractivity contribution in [2.45, 2.75) is 19.5 Å². The van der Waals surface area contributed by atoms with Crippen LogP contribution in [0.3, 0.4) is 0 Å². The van der Waals surface area contributed by atoms with Crippen LogP contribution in [0.4, 0.5) is 18.9 Å². The SMILES string of the molecule is CCc1nc2ccc(C(F)(F)F)cn2c1C(=O)Nc1ccccc1C(=O)O. The fourth-order valence-corrected chi connectivity index (χ4v) is 2.71. The number of imidazole rings is 1. The maximum absolute atomic E-state index is 13.0. The summed E-state index contributed by atoms with van der Waals surface area (Å²) in [5, 5.41) is 11.7. The summed E-state index contributed by atoms with van der Waals surface area (Å²) in [4.78, 5) is 28.2. The minimum absolute atomic E-state index is 0.0407. The predicted molar refractivity (Wildman–Crippen MR) is 90.9 cm³/mol. The van der Waals surface area contributed by atoms with Crippen molar-refractivity contribution in [1.29, 1.82) is 0 Å². The van der Waals surface area contributed by atoms with Crippen LogP contribution in [0.5, 0.6) is 0 Å². The first-order chi connectivity index (χ1) is 12.7.